The number of carbonyl (C=O) groups excluding carboxylic acids is 4. The fraction of sp³-hybridized carbons (Fsp3) is 0.389. The maximum absolute atomic E-state index is 15.8. The Morgan fingerprint density at radius 1 is 1.06 bits per heavy atom. The minimum absolute atomic E-state index is 0.00819. The van der Waals surface area contributed by atoms with Crippen LogP contribution in [0.4, 0.5) is 23.2 Å². The second kappa shape index (κ2) is 13.1. The van der Waals surface area contributed by atoms with E-state index in [1.165, 1.54) is 24.8 Å². The molecule has 0 radical (unpaired) electrons. The van der Waals surface area contributed by atoms with E-state index >= 15 is 4.39 Å². The zero-order valence-corrected chi connectivity index (χ0v) is 28.3. The highest BCUT2D eigenvalue weighted by molar-refractivity contribution is 6.06. The molecule has 0 spiro atoms. The molecule has 1 atom stereocenters. The van der Waals surface area contributed by atoms with Gasteiger partial charge in [-0.2, -0.15) is 18.3 Å². The van der Waals surface area contributed by atoms with E-state index in [9.17, 15) is 37.5 Å². The van der Waals surface area contributed by atoms with E-state index in [0.29, 0.717) is 54.5 Å². The normalized spacial score (nSPS) is 18.9. The molecule has 2 aromatic heterocycles. The number of alkyl halides is 3. The van der Waals surface area contributed by atoms with E-state index in [1.54, 1.807) is 24.3 Å². The van der Waals surface area contributed by atoms with Crippen LogP contribution in [-0.4, -0.2) is 72.4 Å². The van der Waals surface area contributed by atoms with Crippen LogP contribution >= 0.6 is 0 Å². The highest BCUT2D eigenvalue weighted by Gasteiger charge is 2.41. The number of amides is 4. The third-order valence-corrected chi connectivity index (χ3v) is 9.90. The number of halogens is 4. The number of likely N-dealkylation sites (tertiary alicyclic amines) is 1. The van der Waals surface area contributed by atoms with Crippen LogP contribution in [-0.2, 0) is 34.5 Å². The number of aliphatic hydroxyl groups is 1. The SMILES string of the molecule is CC(C)(O)c1cc2nn(C3CCN(Cc4ccc5c(c4F)CN(C4CCC(=O)NC4=O)C5=O)CC3)cc2cc1NC(=O)c1cccc(C(F)(F)F)n1. The molecular formula is C36H35F4N7O5. The number of hydrogen-bond donors (Lipinski definition) is 3. The first-order chi connectivity index (χ1) is 24.6. The lowest BCUT2D eigenvalue weighted by Gasteiger charge is -2.32. The van der Waals surface area contributed by atoms with Crippen molar-refractivity contribution in [3.8, 4) is 0 Å². The number of piperidine rings is 2. The van der Waals surface area contributed by atoms with Crippen molar-refractivity contribution in [2.75, 3.05) is 18.4 Å². The van der Waals surface area contributed by atoms with Crippen LogP contribution in [0.5, 0.6) is 0 Å². The standard InChI is InChI=1S/C36H35F4N7O5/c1-35(2,52)24-15-26-20(14-27(24)42-32(49)25-4-3-5-29(41-25)36(38,39)40)17-47(44-26)21-10-12-45(13-11-21)16-19-6-7-22-23(31(19)37)18-46(34(22)51)28-8-9-30(48)43-33(28)50/h3-7,14-15,17,21,28,52H,8-13,16,18H2,1-2H3,(H,42,49)(H,43,48,50). The number of nitrogens with zero attached hydrogens (tertiary/aromatic N) is 5. The summed E-state index contributed by atoms with van der Waals surface area (Å²) in [5.41, 5.74) is -1.08. The van der Waals surface area contributed by atoms with Gasteiger partial charge >= 0.3 is 6.18 Å². The predicted molar refractivity (Wildman–Crippen MR) is 178 cm³/mol. The molecule has 2 fully saturated rings. The molecule has 3 N–H and O–H groups in total. The maximum atomic E-state index is 15.8. The van der Waals surface area contributed by atoms with Gasteiger partial charge in [0.15, 0.2) is 0 Å². The average Bonchev–Trinajstić information content (AvgIpc) is 3.66. The van der Waals surface area contributed by atoms with Gasteiger partial charge in [-0.05, 0) is 63.4 Å². The van der Waals surface area contributed by atoms with E-state index in [-0.39, 0.29) is 42.2 Å². The molecule has 0 bridgehead atoms. The van der Waals surface area contributed by atoms with Gasteiger partial charge in [-0.25, -0.2) is 9.37 Å². The molecule has 3 aliphatic rings. The van der Waals surface area contributed by atoms with Crippen LogP contribution in [0.3, 0.4) is 0 Å². The molecule has 16 heteroatoms. The first-order valence-electron chi connectivity index (χ1n) is 16.9. The van der Waals surface area contributed by atoms with Gasteiger partial charge in [-0.3, -0.25) is 34.1 Å². The first kappa shape index (κ1) is 35.2. The Morgan fingerprint density at radius 2 is 1.81 bits per heavy atom. The largest absolute Gasteiger partial charge is 0.433 e. The fourth-order valence-corrected chi connectivity index (χ4v) is 7.15. The number of benzene rings is 2. The first-order valence-corrected chi connectivity index (χ1v) is 16.9. The summed E-state index contributed by atoms with van der Waals surface area (Å²) < 4.78 is 57.2. The maximum Gasteiger partial charge on any atom is 0.433 e. The average molecular weight is 722 g/mol. The molecule has 2 saturated heterocycles. The van der Waals surface area contributed by atoms with Crippen molar-refractivity contribution in [2.24, 2.45) is 0 Å². The molecule has 4 amide bonds. The molecule has 4 aromatic rings. The van der Waals surface area contributed by atoms with E-state index in [0.717, 1.165) is 12.1 Å². The van der Waals surface area contributed by atoms with Crippen LogP contribution in [0.1, 0.15) is 88.8 Å². The Bertz CT molecular complexity index is 2120. The highest BCUT2D eigenvalue weighted by Crippen LogP contribution is 2.35. The summed E-state index contributed by atoms with van der Waals surface area (Å²) in [6.07, 6.45) is -1.23. The van der Waals surface area contributed by atoms with Gasteiger partial charge < -0.3 is 15.3 Å². The Labute approximate surface area is 294 Å². The summed E-state index contributed by atoms with van der Waals surface area (Å²) in [6, 6.07) is 8.67. The number of rotatable bonds is 7. The molecule has 12 nitrogen and oxygen atoms in total. The number of nitrogens with one attached hydrogen (secondary N) is 2. The summed E-state index contributed by atoms with van der Waals surface area (Å²) >= 11 is 0. The number of pyridine rings is 1. The zero-order valence-electron chi connectivity index (χ0n) is 28.3. The summed E-state index contributed by atoms with van der Waals surface area (Å²) in [5, 5.41) is 21.2. The van der Waals surface area contributed by atoms with Gasteiger partial charge in [-0.15, -0.1) is 0 Å². The van der Waals surface area contributed by atoms with Crippen molar-refractivity contribution in [1.29, 1.82) is 0 Å². The van der Waals surface area contributed by atoms with E-state index in [1.807, 2.05) is 10.9 Å². The highest BCUT2D eigenvalue weighted by atomic mass is 19.4. The topological polar surface area (TPSA) is 150 Å². The lowest BCUT2D eigenvalue weighted by Crippen LogP contribution is -2.52. The minimum atomic E-state index is -4.72. The van der Waals surface area contributed by atoms with Gasteiger partial charge in [0.2, 0.25) is 11.8 Å². The molecule has 7 rings (SSSR count). The minimum Gasteiger partial charge on any atom is -0.386 e. The molecule has 5 heterocycles. The second-order valence-corrected chi connectivity index (χ2v) is 14.0. The van der Waals surface area contributed by atoms with Crippen molar-refractivity contribution >= 4 is 40.2 Å². The van der Waals surface area contributed by atoms with Gasteiger partial charge in [-0.1, -0.05) is 12.1 Å². The monoisotopic (exact) mass is 721 g/mol. The molecule has 0 aliphatic carbocycles. The van der Waals surface area contributed by atoms with Crippen molar-refractivity contribution in [3.63, 3.8) is 0 Å². The molecule has 3 aliphatic heterocycles. The Hall–Kier alpha value is -5.22. The van der Waals surface area contributed by atoms with Gasteiger partial charge in [0.1, 0.15) is 23.2 Å². The van der Waals surface area contributed by atoms with Crippen LogP contribution < -0.4 is 10.6 Å². The zero-order chi connectivity index (χ0) is 37.1. The fourth-order valence-electron chi connectivity index (χ4n) is 7.15. The number of anilines is 1. The third kappa shape index (κ3) is 6.75. The Kier molecular flexibility index (Phi) is 8.85. The van der Waals surface area contributed by atoms with Gasteiger partial charge in [0, 0.05) is 65.6 Å². The lowest BCUT2D eigenvalue weighted by molar-refractivity contribution is -0.141. The number of fused-ring (bicyclic) bond motifs is 2. The summed E-state index contributed by atoms with van der Waals surface area (Å²) in [5.74, 6) is -2.72. The van der Waals surface area contributed by atoms with Crippen molar-refractivity contribution in [2.45, 2.75) is 76.5 Å². The van der Waals surface area contributed by atoms with E-state index in [2.05, 4.69) is 20.5 Å². The lowest BCUT2D eigenvalue weighted by atomic mass is 9.95. The molecule has 1 unspecified atom stereocenters. The smallest absolute Gasteiger partial charge is 0.386 e. The second-order valence-electron chi connectivity index (χ2n) is 14.0. The summed E-state index contributed by atoms with van der Waals surface area (Å²) in [7, 11) is 0. The molecule has 272 valence electrons. The summed E-state index contributed by atoms with van der Waals surface area (Å²) in [4.78, 5) is 56.9. The number of imide groups is 1. The van der Waals surface area contributed by atoms with Crippen LogP contribution in [0.2, 0.25) is 0 Å². The molecular weight excluding hydrogens is 686 g/mol. The van der Waals surface area contributed by atoms with E-state index in [4.69, 9.17) is 5.10 Å². The number of hydrogen-bond acceptors (Lipinski definition) is 8. The number of aromatic nitrogens is 3. The van der Waals surface area contributed by atoms with Crippen molar-refractivity contribution < 1.29 is 41.8 Å². The third-order valence-electron chi connectivity index (χ3n) is 9.90. The predicted octanol–water partition coefficient (Wildman–Crippen LogP) is 4.67. The van der Waals surface area contributed by atoms with Crippen LogP contribution in [0, 0.1) is 5.82 Å². The van der Waals surface area contributed by atoms with Crippen molar-refractivity contribution in [1.82, 2.24) is 29.9 Å². The Morgan fingerprint density at radius 3 is 2.50 bits per heavy atom. The quantitative estimate of drug-likeness (QED) is 0.184. The number of carbonyl (C=O) groups is 4. The van der Waals surface area contributed by atoms with Gasteiger partial charge in [0.05, 0.1) is 23.7 Å². The van der Waals surface area contributed by atoms with Crippen molar-refractivity contribution in [3.05, 3.63) is 88.1 Å². The Balaban J connectivity index is 1.03. The van der Waals surface area contributed by atoms with Gasteiger partial charge in [0.25, 0.3) is 11.8 Å². The molecule has 52 heavy (non-hydrogen) atoms. The molecule has 0 saturated carbocycles. The van der Waals surface area contributed by atoms with Crippen LogP contribution in [0.25, 0.3) is 10.9 Å². The van der Waals surface area contributed by atoms with E-state index < -0.39 is 58.7 Å². The van der Waals surface area contributed by atoms with Crippen LogP contribution in [0.15, 0.2) is 48.7 Å². The summed E-state index contributed by atoms with van der Waals surface area (Å²) in [6.45, 7) is 4.57. The molecule has 2 aromatic carbocycles.